The van der Waals surface area contributed by atoms with E-state index >= 15 is 0 Å². The van der Waals surface area contributed by atoms with E-state index in [9.17, 15) is 8.78 Å². The van der Waals surface area contributed by atoms with E-state index in [1.165, 1.54) is 13.0 Å². The van der Waals surface area contributed by atoms with Crippen LogP contribution in [0.25, 0.3) is 0 Å². The van der Waals surface area contributed by atoms with Gasteiger partial charge in [0.25, 0.3) is 6.47 Å². The maximum atomic E-state index is 11.9. The summed E-state index contributed by atoms with van der Waals surface area (Å²) >= 11 is 0. The lowest BCUT2D eigenvalue weighted by atomic mass is 10.1. The van der Waals surface area contributed by atoms with Gasteiger partial charge >= 0.3 is 0 Å². The second-order valence-corrected chi connectivity index (χ2v) is 5.63. The van der Waals surface area contributed by atoms with Gasteiger partial charge in [0.15, 0.2) is 0 Å². The summed E-state index contributed by atoms with van der Waals surface area (Å²) in [4.78, 5) is 8.36. The standard InChI is InChI=1S/C8H18N2.C6H4F2.CH2O2/c1-8(2,3)10-7-4-5-9-6-7;7-5-1-2-6(8)4-3-5;2-1-3/h7,9-10H,4-6H2,1-3H3;1-4H;1H,(H,2,3). The molecule has 1 aromatic carbocycles. The molecule has 0 radical (unpaired) electrons. The van der Waals surface area contributed by atoms with Crippen molar-refractivity contribution in [3.63, 3.8) is 0 Å². The van der Waals surface area contributed by atoms with Crippen molar-refractivity contribution in [3.8, 4) is 0 Å². The second kappa shape index (κ2) is 10.2. The predicted octanol–water partition coefficient (Wildman–Crippen LogP) is 2.40. The first kappa shape index (κ1) is 19.5. The van der Waals surface area contributed by atoms with Gasteiger partial charge in [-0.05, 0) is 58.0 Å². The van der Waals surface area contributed by atoms with Crippen LogP contribution >= 0.6 is 0 Å². The minimum atomic E-state index is -0.411. The average Bonchev–Trinajstić information content (AvgIpc) is 2.85. The first-order chi connectivity index (χ1) is 9.78. The molecule has 1 aromatic rings. The van der Waals surface area contributed by atoms with Gasteiger partial charge < -0.3 is 15.7 Å². The molecule has 1 aliphatic rings. The van der Waals surface area contributed by atoms with Gasteiger partial charge in [-0.25, -0.2) is 8.78 Å². The smallest absolute Gasteiger partial charge is 0.290 e. The lowest BCUT2D eigenvalue weighted by molar-refractivity contribution is -0.122. The number of carbonyl (C=O) groups is 1. The Labute approximate surface area is 124 Å². The molecule has 1 heterocycles. The van der Waals surface area contributed by atoms with E-state index in [1.54, 1.807) is 0 Å². The average molecular weight is 302 g/mol. The quantitative estimate of drug-likeness (QED) is 0.697. The molecule has 1 fully saturated rings. The van der Waals surface area contributed by atoms with Gasteiger partial charge in [0.1, 0.15) is 11.6 Å². The number of hydrogen-bond donors (Lipinski definition) is 3. The van der Waals surface area contributed by atoms with E-state index in [1.807, 2.05) is 0 Å². The zero-order valence-electron chi connectivity index (χ0n) is 12.7. The lowest BCUT2D eigenvalue weighted by Gasteiger charge is -2.25. The molecule has 0 spiro atoms. The van der Waals surface area contributed by atoms with Crippen molar-refractivity contribution < 1.29 is 18.7 Å². The van der Waals surface area contributed by atoms with Crippen LogP contribution in [0.1, 0.15) is 27.2 Å². The highest BCUT2D eigenvalue weighted by Crippen LogP contribution is 2.05. The predicted molar refractivity (Wildman–Crippen MR) is 79.2 cm³/mol. The zero-order valence-corrected chi connectivity index (χ0v) is 12.7. The summed E-state index contributed by atoms with van der Waals surface area (Å²) in [6, 6.07) is 5.01. The highest BCUT2D eigenvalue weighted by Gasteiger charge is 2.19. The van der Waals surface area contributed by atoms with Crippen LogP contribution in [0.2, 0.25) is 0 Å². The number of rotatable bonds is 1. The highest BCUT2D eigenvalue weighted by molar-refractivity contribution is 5.32. The van der Waals surface area contributed by atoms with Gasteiger partial charge in [-0.2, -0.15) is 0 Å². The van der Waals surface area contributed by atoms with Crippen LogP contribution in [0, 0.1) is 11.6 Å². The Bertz CT molecular complexity index is 365. The van der Waals surface area contributed by atoms with Gasteiger partial charge in [-0.3, -0.25) is 4.79 Å². The van der Waals surface area contributed by atoms with Crippen molar-refractivity contribution in [2.24, 2.45) is 0 Å². The molecule has 1 saturated heterocycles. The van der Waals surface area contributed by atoms with Gasteiger partial charge in [0.2, 0.25) is 0 Å². The van der Waals surface area contributed by atoms with Crippen molar-refractivity contribution in [1.29, 1.82) is 0 Å². The second-order valence-electron chi connectivity index (χ2n) is 5.63. The van der Waals surface area contributed by atoms with Gasteiger partial charge in [0, 0.05) is 18.1 Å². The van der Waals surface area contributed by atoms with E-state index in [-0.39, 0.29) is 12.0 Å². The van der Waals surface area contributed by atoms with Gasteiger partial charge in [-0.1, -0.05) is 0 Å². The van der Waals surface area contributed by atoms with E-state index < -0.39 is 11.6 Å². The normalized spacial score (nSPS) is 17.1. The molecule has 3 N–H and O–H groups in total. The summed E-state index contributed by atoms with van der Waals surface area (Å²) in [6.07, 6.45) is 1.28. The third-order valence-corrected chi connectivity index (χ3v) is 2.50. The number of benzene rings is 1. The Hall–Kier alpha value is -1.53. The summed E-state index contributed by atoms with van der Waals surface area (Å²) in [7, 11) is 0. The molecule has 4 nitrogen and oxygen atoms in total. The van der Waals surface area contributed by atoms with Crippen LogP contribution in [0.15, 0.2) is 24.3 Å². The molecule has 1 atom stereocenters. The third-order valence-electron chi connectivity index (χ3n) is 2.50. The molecule has 1 unspecified atom stereocenters. The van der Waals surface area contributed by atoms with Crippen LogP contribution in [-0.4, -0.2) is 36.2 Å². The first-order valence-electron chi connectivity index (χ1n) is 6.76. The fraction of sp³-hybridized carbons (Fsp3) is 0.533. The lowest BCUT2D eigenvalue weighted by Crippen LogP contribution is -2.44. The summed E-state index contributed by atoms with van der Waals surface area (Å²) < 4.78 is 23.8. The molecule has 2 rings (SSSR count). The maximum absolute atomic E-state index is 11.9. The molecule has 6 heteroatoms. The Morgan fingerprint density at radius 3 is 1.95 bits per heavy atom. The van der Waals surface area contributed by atoms with Gasteiger partial charge in [0.05, 0.1) is 0 Å². The SMILES string of the molecule is CC(C)(C)NC1CCNC1.Fc1ccc(F)cc1.O=CO. The Kier molecular flexibility index (Phi) is 9.49. The largest absolute Gasteiger partial charge is 0.483 e. The van der Waals surface area contributed by atoms with Crippen LogP contribution < -0.4 is 10.6 Å². The number of hydrogen-bond acceptors (Lipinski definition) is 3. The first-order valence-corrected chi connectivity index (χ1v) is 6.76. The molecular formula is C15H24F2N2O2. The van der Waals surface area contributed by atoms with Crippen LogP contribution in [0.3, 0.4) is 0 Å². The molecule has 21 heavy (non-hydrogen) atoms. The fourth-order valence-corrected chi connectivity index (χ4v) is 1.82. The number of nitrogens with one attached hydrogen (secondary N) is 2. The van der Waals surface area contributed by atoms with Crippen molar-refractivity contribution >= 4 is 6.47 Å². The molecular weight excluding hydrogens is 278 g/mol. The Morgan fingerprint density at radius 1 is 1.24 bits per heavy atom. The molecule has 0 aromatic heterocycles. The third kappa shape index (κ3) is 12.0. The van der Waals surface area contributed by atoms with Crippen LogP contribution in [0.5, 0.6) is 0 Å². The minimum Gasteiger partial charge on any atom is -0.483 e. The van der Waals surface area contributed by atoms with Crippen molar-refractivity contribution in [1.82, 2.24) is 10.6 Å². The van der Waals surface area contributed by atoms with E-state index in [0.29, 0.717) is 6.04 Å². The van der Waals surface area contributed by atoms with E-state index in [2.05, 4.69) is 31.4 Å². The Balaban J connectivity index is 0.000000327. The summed E-state index contributed by atoms with van der Waals surface area (Å²) in [5.41, 5.74) is 0.274. The number of carboxylic acid groups (broad SMARTS) is 1. The molecule has 0 saturated carbocycles. The van der Waals surface area contributed by atoms with Gasteiger partial charge in [-0.15, -0.1) is 0 Å². The number of halogens is 2. The Morgan fingerprint density at radius 2 is 1.67 bits per heavy atom. The molecule has 0 amide bonds. The van der Waals surface area contributed by atoms with Crippen molar-refractivity contribution in [2.75, 3.05) is 13.1 Å². The minimum absolute atomic E-state index is 0.250. The van der Waals surface area contributed by atoms with Crippen LogP contribution in [-0.2, 0) is 4.79 Å². The zero-order chi connectivity index (χ0) is 16.3. The van der Waals surface area contributed by atoms with Crippen molar-refractivity contribution in [2.45, 2.75) is 38.8 Å². The fourth-order valence-electron chi connectivity index (χ4n) is 1.82. The maximum Gasteiger partial charge on any atom is 0.290 e. The van der Waals surface area contributed by atoms with E-state index in [4.69, 9.17) is 9.90 Å². The van der Waals surface area contributed by atoms with E-state index in [0.717, 1.165) is 30.8 Å². The highest BCUT2D eigenvalue weighted by atomic mass is 19.1. The molecule has 0 bridgehead atoms. The van der Waals surface area contributed by atoms with Crippen molar-refractivity contribution in [3.05, 3.63) is 35.9 Å². The van der Waals surface area contributed by atoms with Crippen LogP contribution in [0.4, 0.5) is 8.78 Å². The summed E-state index contributed by atoms with van der Waals surface area (Å²) in [6.45, 7) is 8.70. The molecule has 1 aliphatic heterocycles. The topological polar surface area (TPSA) is 61.4 Å². The monoisotopic (exact) mass is 302 g/mol. The summed E-state index contributed by atoms with van der Waals surface area (Å²) in [5.74, 6) is -0.821. The molecule has 120 valence electrons. The molecule has 0 aliphatic carbocycles. The summed E-state index contributed by atoms with van der Waals surface area (Å²) in [5, 5.41) is 13.8.